The highest BCUT2D eigenvalue weighted by Crippen LogP contribution is 2.16. The van der Waals surface area contributed by atoms with Gasteiger partial charge < -0.3 is 10.2 Å². The lowest BCUT2D eigenvalue weighted by atomic mass is 10.2. The number of anilines is 1. The molecule has 0 spiro atoms. The van der Waals surface area contributed by atoms with Crippen LogP contribution in [0.5, 0.6) is 0 Å². The molecule has 0 unspecified atom stereocenters. The van der Waals surface area contributed by atoms with E-state index in [-0.39, 0.29) is 11.8 Å². The highest BCUT2D eigenvalue weighted by atomic mass is 19.1. The van der Waals surface area contributed by atoms with E-state index in [1.165, 1.54) is 12.1 Å². The Morgan fingerprint density at radius 3 is 2.57 bits per heavy atom. The Hall–Kier alpha value is -3.84. The molecule has 1 fully saturated rings. The summed E-state index contributed by atoms with van der Waals surface area (Å²) in [6.45, 7) is 2.90. The van der Waals surface area contributed by atoms with Crippen LogP contribution in [0, 0.1) is 17.1 Å². The van der Waals surface area contributed by atoms with Crippen LogP contribution >= 0.6 is 0 Å². The number of carbonyl (C=O) groups is 1. The molecular weight excluding hydrogens is 387 g/mol. The molecule has 2 aromatic carbocycles. The van der Waals surface area contributed by atoms with Crippen LogP contribution < -0.4 is 5.32 Å². The molecule has 2 heterocycles. The standard InChI is InChI=1S/C20H19FN8O/c21-16-5-7-17(8-6-16)29-19(24-25-26-29)14-27-9-11-28(12-10-27)20(30)23-18-4-2-1-3-15(18)13-22/h1-8H,9-12,14H2,(H,23,30). The van der Waals surface area contributed by atoms with Gasteiger partial charge in [-0.1, -0.05) is 12.1 Å². The van der Waals surface area contributed by atoms with Gasteiger partial charge >= 0.3 is 6.03 Å². The zero-order chi connectivity index (χ0) is 20.9. The number of benzene rings is 2. The molecule has 2 amide bonds. The minimum atomic E-state index is -0.319. The third-order valence-corrected chi connectivity index (χ3v) is 4.92. The fourth-order valence-corrected chi connectivity index (χ4v) is 3.28. The number of hydrogen-bond donors (Lipinski definition) is 1. The zero-order valence-corrected chi connectivity index (χ0v) is 16.1. The number of nitrogens with one attached hydrogen (secondary N) is 1. The molecule has 152 valence electrons. The Bertz CT molecular complexity index is 1070. The van der Waals surface area contributed by atoms with Crippen LogP contribution in [0.25, 0.3) is 5.69 Å². The van der Waals surface area contributed by atoms with Crippen LogP contribution in [0.1, 0.15) is 11.4 Å². The first kappa shape index (κ1) is 19.5. The molecule has 0 bridgehead atoms. The molecule has 1 aliphatic heterocycles. The summed E-state index contributed by atoms with van der Waals surface area (Å²) in [5.74, 6) is 0.322. The maximum atomic E-state index is 13.2. The quantitative estimate of drug-likeness (QED) is 0.711. The second-order valence-electron chi connectivity index (χ2n) is 6.83. The number of piperazine rings is 1. The average Bonchev–Trinajstić information content (AvgIpc) is 3.23. The van der Waals surface area contributed by atoms with E-state index in [4.69, 9.17) is 5.26 Å². The highest BCUT2D eigenvalue weighted by Gasteiger charge is 2.23. The van der Waals surface area contributed by atoms with Crippen molar-refractivity contribution in [3.8, 4) is 11.8 Å². The van der Waals surface area contributed by atoms with Crippen molar-refractivity contribution in [2.24, 2.45) is 0 Å². The molecule has 0 saturated carbocycles. The second kappa shape index (κ2) is 8.67. The van der Waals surface area contributed by atoms with Gasteiger partial charge in [-0.05, 0) is 46.8 Å². The third kappa shape index (κ3) is 4.26. The van der Waals surface area contributed by atoms with Gasteiger partial charge in [-0.3, -0.25) is 4.90 Å². The Labute approximate surface area is 172 Å². The molecule has 1 aromatic heterocycles. The zero-order valence-electron chi connectivity index (χ0n) is 16.1. The normalized spacial score (nSPS) is 14.3. The van der Waals surface area contributed by atoms with E-state index in [2.05, 4.69) is 31.8 Å². The van der Waals surface area contributed by atoms with Crippen molar-refractivity contribution in [2.75, 3.05) is 31.5 Å². The van der Waals surface area contributed by atoms with Crippen molar-refractivity contribution in [3.63, 3.8) is 0 Å². The lowest BCUT2D eigenvalue weighted by molar-refractivity contribution is 0.140. The second-order valence-corrected chi connectivity index (χ2v) is 6.83. The molecule has 30 heavy (non-hydrogen) atoms. The maximum Gasteiger partial charge on any atom is 0.321 e. The summed E-state index contributed by atoms with van der Waals surface area (Å²) in [6.07, 6.45) is 0. The third-order valence-electron chi connectivity index (χ3n) is 4.92. The predicted molar refractivity (Wildman–Crippen MR) is 106 cm³/mol. The van der Waals surface area contributed by atoms with Crippen molar-refractivity contribution >= 4 is 11.7 Å². The van der Waals surface area contributed by atoms with Crippen LogP contribution in [0.2, 0.25) is 0 Å². The Morgan fingerprint density at radius 1 is 1.10 bits per heavy atom. The SMILES string of the molecule is N#Cc1ccccc1NC(=O)N1CCN(Cc2nnnn2-c2ccc(F)cc2)CC1. The van der Waals surface area contributed by atoms with E-state index in [0.29, 0.717) is 55.5 Å². The van der Waals surface area contributed by atoms with Crippen molar-refractivity contribution in [3.05, 3.63) is 65.7 Å². The van der Waals surface area contributed by atoms with Crippen LogP contribution in [-0.4, -0.2) is 62.2 Å². The number of halogens is 1. The molecule has 0 aliphatic carbocycles. The van der Waals surface area contributed by atoms with Gasteiger partial charge in [-0.15, -0.1) is 5.10 Å². The van der Waals surface area contributed by atoms with Crippen LogP contribution in [-0.2, 0) is 6.54 Å². The van der Waals surface area contributed by atoms with Crippen molar-refractivity contribution in [1.82, 2.24) is 30.0 Å². The topological polar surface area (TPSA) is 103 Å². The first-order valence-corrected chi connectivity index (χ1v) is 9.44. The van der Waals surface area contributed by atoms with Crippen molar-refractivity contribution < 1.29 is 9.18 Å². The number of tetrazole rings is 1. The number of rotatable bonds is 4. The van der Waals surface area contributed by atoms with Gasteiger partial charge in [0.1, 0.15) is 11.9 Å². The minimum absolute atomic E-state index is 0.228. The molecule has 4 rings (SSSR count). The van der Waals surface area contributed by atoms with Crippen molar-refractivity contribution in [1.29, 1.82) is 5.26 Å². The summed E-state index contributed by atoms with van der Waals surface area (Å²) in [7, 11) is 0. The molecule has 3 aromatic rings. The number of nitriles is 1. The number of hydrogen-bond acceptors (Lipinski definition) is 6. The summed E-state index contributed by atoms with van der Waals surface area (Å²) in [6, 6.07) is 14.7. The van der Waals surface area contributed by atoms with E-state index < -0.39 is 0 Å². The van der Waals surface area contributed by atoms with E-state index in [9.17, 15) is 9.18 Å². The van der Waals surface area contributed by atoms with Crippen LogP contribution in [0.4, 0.5) is 14.9 Å². The molecule has 1 saturated heterocycles. The summed E-state index contributed by atoms with van der Waals surface area (Å²) in [5.41, 5.74) is 1.62. The minimum Gasteiger partial charge on any atom is -0.322 e. The van der Waals surface area contributed by atoms with Gasteiger partial charge in [0.15, 0.2) is 5.82 Å². The number of amides is 2. The van der Waals surface area contributed by atoms with Crippen LogP contribution in [0.3, 0.4) is 0 Å². The number of aromatic nitrogens is 4. The fraction of sp³-hybridized carbons (Fsp3) is 0.250. The van der Waals surface area contributed by atoms with Gasteiger partial charge in [-0.25, -0.2) is 9.18 Å². The molecule has 1 aliphatic rings. The summed E-state index contributed by atoms with van der Waals surface area (Å²) < 4.78 is 14.7. The van der Waals surface area contributed by atoms with Gasteiger partial charge in [0, 0.05) is 26.2 Å². The molecule has 0 radical (unpaired) electrons. The predicted octanol–water partition coefficient (Wildman–Crippen LogP) is 2.02. The highest BCUT2D eigenvalue weighted by molar-refractivity contribution is 5.90. The van der Waals surface area contributed by atoms with E-state index in [0.717, 1.165) is 0 Å². The first-order chi connectivity index (χ1) is 14.6. The largest absolute Gasteiger partial charge is 0.322 e. The first-order valence-electron chi connectivity index (χ1n) is 9.44. The van der Waals surface area contributed by atoms with Gasteiger partial charge in [0.2, 0.25) is 0 Å². The lowest BCUT2D eigenvalue weighted by Crippen LogP contribution is -2.49. The smallest absolute Gasteiger partial charge is 0.321 e. The molecule has 10 heteroatoms. The monoisotopic (exact) mass is 406 g/mol. The number of urea groups is 1. The molecule has 1 N–H and O–H groups in total. The maximum absolute atomic E-state index is 13.2. The number of nitrogens with zero attached hydrogens (tertiary/aromatic N) is 7. The van der Waals surface area contributed by atoms with Crippen molar-refractivity contribution in [2.45, 2.75) is 6.54 Å². The van der Waals surface area contributed by atoms with E-state index in [1.54, 1.807) is 46.0 Å². The summed E-state index contributed by atoms with van der Waals surface area (Å²) in [4.78, 5) is 16.4. The number of para-hydroxylation sites is 1. The summed E-state index contributed by atoms with van der Waals surface area (Å²) in [5, 5.41) is 23.8. The van der Waals surface area contributed by atoms with Gasteiger partial charge in [0.25, 0.3) is 0 Å². The lowest BCUT2D eigenvalue weighted by Gasteiger charge is -2.34. The van der Waals surface area contributed by atoms with Gasteiger partial charge in [0.05, 0.1) is 23.5 Å². The van der Waals surface area contributed by atoms with Gasteiger partial charge in [-0.2, -0.15) is 9.94 Å². The Kier molecular flexibility index (Phi) is 5.63. The summed E-state index contributed by atoms with van der Waals surface area (Å²) >= 11 is 0. The molecule has 0 atom stereocenters. The fourth-order valence-electron chi connectivity index (χ4n) is 3.28. The number of carbonyl (C=O) groups excluding carboxylic acids is 1. The van der Waals surface area contributed by atoms with Crippen LogP contribution in [0.15, 0.2) is 48.5 Å². The molecule has 9 nitrogen and oxygen atoms in total. The molecular formula is C20H19FN8O. The Morgan fingerprint density at radius 2 is 1.83 bits per heavy atom. The Balaban J connectivity index is 1.34. The average molecular weight is 406 g/mol. The van der Waals surface area contributed by atoms with E-state index >= 15 is 0 Å². The van der Waals surface area contributed by atoms with E-state index in [1.807, 2.05) is 0 Å².